The van der Waals surface area contributed by atoms with Crippen LogP contribution in [0.3, 0.4) is 0 Å². The van der Waals surface area contributed by atoms with Crippen molar-refractivity contribution in [3.63, 3.8) is 0 Å². The minimum atomic E-state index is -0.856. The molecule has 6 nitrogen and oxygen atoms in total. The summed E-state index contributed by atoms with van der Waals surface area (Å²) in [6, 6.07) is 7.94. The van der Waals surface area contributed by atoms with Gasteiger partial charge in [-0.05, 0) is 18.9 Å². The number of benzene rings is 1. The van der Waals surface area contributed by atoms with Crippen molar-refractivity contribution in [3.8, 4) is 5.75 Å². The molecule has 1 N–H and O–H groups in total. The zero-order valence-electron chi connectivity index (χ0n) is 14.2. The number of carboxylic acid groups (broad SMARTS) is 1. The summed E-state index contributed by atoms with van der Waals surface area (Å²) >= 11 is 0. The van der Waals surface area contributed by atoms with Crippen LogP contribution in [0.15, 0.2) is 24.3 Å². The zero-order chi connectivity index (χ0) is 17.3. The van der Waals surface area contributed by atoms with Gasteiger partial charge >= 0.3 is 5.97 Å². The Bertz CT molecular complexity index is 638. The van der Waals surface area contributed by atoms with Gasteiger partial charge in [0.15, 0.2) is 0 Å². The average molecular weight is 332 g/mol. The molecule has 0 aromatic heterocycles. The van der Waals surface area contributed by atoms with Gasteiger partial charge in [-0.2, -0.15) is 0 Å². The van der Waals surface area contributed by atoms with E-state index < -0.39 is 17.4 Å². The van der Waals surface area contributed by atoms with Crippen LogP contribution in [0.4, 0.5) is 0 Å². The minimum Gasteiger partial charge on any atom is -0.496 e. The third kappa shape index (κ3) is 2.75. The molecule has 0 bridgehead atoms. The topological polar surface area (TPSA) is 70.1 Å². The molecule has 3 rings (SSSR count). The lowest BCUT2D eigenvalue weighted by atomic mass is 9.77. The molecule has 0 unspecified atom stereocenters. The van der Waals surface area contributed by atoms with Crippen molar-refractivity contribution >= 4 is 11.9 Å². The zero-order valence-corrected chi connectivity index (χ0v) is 14.2. The summed E-state index contributed by atoms with van der Waals surface area (Å²) in [7, 11) is 3.42. The lowest BCUT2D eigenvalue weighted by molar-refractivity contribution is -0.146. The van der Waals surface area contributed by atoms with E-state index in [9.17, 15) is 14.7 Å². The Morgan fingerprint density at radius 2 is 2.00 bits per heavy atom. The van der Waals surface area contributed by atoms with Crippen LogP contribution < -0.4 is 4.74 Å². The normalized spacial score (nSPS) is 23.7. The number of rotatable bonds is 4. The summed E-state index contributed by atoms with van der Waals surface area (Å²) in [6.07, 6.45) is 1.51. The fourth-order valence-electron chi connectivity index (χ4n) is 4.16. The second-order valence-electron chi connectivity index (χ2n) is 6.74. The van der Waals surface area contributed by atoms with Gasteiger partial charge in [-0.1, -0.05) is 18.2 Å². The predicted molar refractivity (Wildman–Crippen MR) is 88.7 cm³/mol. The first kappa shape index (κ1) is 16.8. The number of hydrogen-bond donors (Lipinski definition) is 1. The number of carbonyl (C=O) groups is 2. The molecule has 0 aliphatic carbocycles. The summed E-state index contributed by atoms with van der Waals surface area (Å²) in [5.41, 5.74) is 0.599. The molecule has 0 radical (unpaired) electrons. The van der Waals surface area contributed by atoms with Gasteiger partial charge in [0.2, 0.25) is 5.91 Å². The molecular weight excluding hydrogens is 308 g/mol. The number of piperidine rings is 1. The Kier molecular flexibility index (Phi) is 4.49. The molecule has 2 heterocycles. The molecule has 2 aliphatic rings. The number of amides is 1. The van der Waals surface area contributed by atoms with E-state index in [1.807, 2.05) is 18.2 Å². The molecule has 24 heavy (non-hydrogen) atoms. The minimum absolute atomic E-state index is 0.0550. The van der Waals surface area contributed by atoms with E-state index in [-0.39, 0.29) is 12.3 Å². The highest BCUT2D eigenvalue weighted by Gasteiger charge is 2.55. The van der Waals surface area contributed by atoms with Crippen molar-refractivity contribution < 1.29 is 19.4 Å². The molecule has 1 atom stereocenters. The van der Waals surface area contributed by atoms with Crippen molar-refractivity contribution in [1.82, 2.24) is 9.80 Å². The monoisotopic (exact) mass is 332 g/mol. The first-order chi connectivity index (χ1) is 11.5. The van der Waals surface area contributed by atoms with Crippen LogP contribution in [-0.4, -0.2) is 59.6 Å². The van der Waals surface area contributed by atoms with Gasteiger partial charge in [-0.25, -0.2) is 0 Å². The summed E-state index contributed by atoms with van der Waals surface area (Å²) < 4.78 is 5.40. The number of nitrogens with zero attached hydrogens (tertiary/aromatic N) is 2. The highest BCUT2D eigenvalue weighted by atomic mass is 16.5. The van der Waals surface area contributed by atoms with E-state index >= 15 is 0 Å². The fraction of sp³-hybridized carbons (Fsp3) is 0.556. The van der Waals surface area contributed by atoms with Crippen LogP contribution in [-0.2, 0) is 16.1 Å². The first-order valence-electron chi connectivity index (χ1n) is 8.31. The molecular formula is C18H24N2O4. The fourth-order valence-corrected chi connectivity index (χ4v) is 4.16. The van der Waals surface area contributed by atoms with Gasteiger partial charge in [0.1, 0.15) is 5.75 Å². The molecule has 130 valence electrons. The summed E-state index contributed by atoms with van der Waals surface area (Å²) in [6.45, 7) is 2.33. The van der Waals surface area contributed by atoms with E-state index in [2.05, 4.69) is 11.0 Å². The van der Waals surface area contributed by atoms with E-state index in [4.69, 9.17) is 4.74 Å². The first-order valence-corrected chi connectivity index (χ1v) is 8.31. The molecule has 0 saturated carbocycles. The standard InChI is InChI=1S/C18H24N2O4/c1-19-16(21)11-14(17(22)23)18(19)7-9-20(10-8-18)12-13-5-3-4-6-15(13)24-2/h3-6,14H,7-12H2,1-2H3,(H,22,23)/t14-/m0/s1. The van der Waals surface area contributed by atoms with Crippen LogP contribution in [0.2, 0.25) is 0 Å². The smallest absolute Gasteiger partial charge is 0.309 e. The highest BCUT2D eigenvalue weighted by molar-refractivity contribution is 5.88. The summed E-state index contributed by atoms with van der Waals surface area (Å²) in [4.78, 5) is 27.7. The second kappa shape index (κ2) is 6.43. The van der Waals surface area contributed by atoms with Crippen molar-refractivity contribution in [2.24, 2.45) is 5.92 Å². The van der Waals surface area contributed by atoms with E-state index in [0.29, 0.717) is 12.8 Å². The third-order valence-corrected chi connectivity index (χ3v) is 5.68. The van der Waals surface area contributed by atoms with Crippen LogP contribution in [0.25, 0.3) is 0 Å². The number of likely N-dealkylation sites (tertiary alicyclic amines) is 2. The Hall–Kier alpha value is -2.08. The van der Waals surface area contributed by atoms with E-state index in [1.165, 1.54) is 0 Å². The summed E-state index contributed by atoms with van der Waals surface area (Å²) in [5, 5.41) is 9.53. The van der Waals surface area contributed by atoms with E-state index in [1.54, 1.807) is 19.1 Å². The summed E-state index contributed by atoms with van der Waals surface area (Å²) in [5.74, 6) is -0.635. The van der Waals surface area contributed by atoms with E-state index in [0.717, 1.165) is 30.9 Å². The van der Waals surface area contributed by atoms with Gasteiger partial charge < -0.3 is 14.7 Å². The Morgan fingerprint density at radius 3 is 2.62 bits per heavy atom. The van der Waals surface area contributed by atoms with Crippen LogP contribution in [0, 0.1) is 5.92 Å². The molecule has 1 aromatic carbocycles. The quantitative estimate of drug-likeness (QED) is 0.907. The van der Waals surface area contributed by atoms with Crippen molar-refractivity contribution in [2.75, 3.05) is 27.2 Å². The Labute approximate surface area is 142 Å². The SMILES string of the molecule is COc1ccccc1CN1CCC2(CC1)[C@H](C(=O)O)CC(=O)N2C. The molecule has 1 aromatic rings. The number of carboxylic acids is 1. The third-order valence-electron chi connectivity index (χ3n) is 5.68. The lowest BCUT2D eigenvalue weighted by Crippen LogP contribution is -2.55. The predicted octanol–water partition coefficient (Wildman–Crippen LogP) is 1.59. The average Bonchev–Trinajstić information content (AvgIpc) is 2.83. The number of hydrogen-bond acceptors (Lipinski definition) is 4. The Balaban J connectivity index is 1.71. The molecule has 2 saturated heterocycles. The van der Waals surface area contributed by atoms with Crippen molar-refractivity contribution in [1.29, 1.82) is 0 Å². The van der Waals surface area contributed by atoms with Crippen LogP contribution in [0.1, 0.15) is 24.8 Å². The maximum atomic E-state index is 12.1. The largest absolute Gasteiger partial charge is 0.496 e. The van der Waals surface area contributed by atoms with Crippen molar-refractivity contribution in [2.45, 2.75) is 31.3 Å². The molecule has 2 aliphatic heterocycles. The van der Waals surface area contributed by atoms with Gasteiger partial charge in [0.05, 0.1) is 18.6 Å². The Morgan fingerprint density at radius 1 is 1.33 bits per heavy atom. The maximum absolute atomic E-state index is 12.1. The second-order valence-corrected chi connectivity index (χ2v) is 6.74. The van der Waals surface area contributed by atoms with Gasteiger partial charge in [-0.3, -0.25) is 14.5 Å². The van der Waals surface area contributed by atoms with Crippen LogP contribution >= 0.6 is 0 Å². The number of para-hydroxylation sites is 1. The van der Waals surface area contributed by atoms with Gasteiger partial charge in [0, 0.05) is 38.7 Å². The van der Waals surface area contributed by atoms with Crippen LogP contribution in [0.5, 0.6) is 5.75 Å². The molecule has 1 amide bonds. The highest BCUT2D eigenvalue weighted by Crippen LogP contribution is 2.43. The number of aliphatic carboxylic acids is 1. The number of ether oxygens (including phenoxy) is 1. The maximum Gasteiger partial charge on any atom is 0.309 e. The van der Waals surface area contributed by atoms with Crippen molar-refractivity contribution in [3.05, 3.63) is 29.8 Å². The molecule has 2 fully saturated rings. The molecule has 1 spiro atoms. The van der Waals surface area contributed by atoms with Gasteiger partial charge in [0.25, 0.3) is 0 Å². The van der Waals surface area contributed by atoms with Gasteiger partial charge in [-0.15, -0.1) is 0 Å². The number of carbonyl (C=O) groups excluding carboxylic acids is 1. The number of methoxy groups -OCH3 is 1. The molecule has 6 heteroatoms. The lowest BCUT2D eigenvalue weighted by Gasteiger charge is -2.45.